The molecule has 0 bridgehead atoms. The van der Waals surface area contributed by atoms with Gasteiger partial charge in [0.15, 0.2) is 11.9 Å². The summed E-state index contributed by atoms with van der Waals surface area (Å²) in [5.41, 5.74) is 2.24. The summed E-state index contributed by atoms with van der Waals surface area (Å²) in [5, 5.41) is 0. The summed E-state index contributed by atoms with van der Waals surface area (Å²) in [6.45, 7) is 3.46. The number of nitrogens with zero attached hydrogens (tertiary/aromatic N) is 4. The molecule has 31 heavy (non-hydrogen) atoms. The zero-order valence-electron chi connectivity index (χ0n) is 18.1. The van der Waals surface area contributed by atoms with E-state index in [4.69, 9.17) is 9.47 Å². The van der Waals surface area contributed by atoms with Crippen molar-refractivity contribution in [3.63, 3.8) is 0 Å². The number of fused-ring (bicyclic) bond motifs is 1. The molecule has 9 nitrogen and oxygen atoms in total. The van der Waals surface area contributed by atoms with E-state index in [9.17, 15) is 9.59 Å². The minimum atomic E-state index is -0.368. The first-order chi connectivity index (χ1) is 15.0. The number of hydrogen-bond acceptors (Lipinski definition) is 6. The van der Waals surface area contributed by atoms with E-state index >= 15 is 0 Å². The number of hydrogen-bond donors (Lipinski definition) is 1. The number of pyridine rings is 1. The molecule has 0 aromatic carbocycles. The Morgan fingerprint density at radius 1 is 1.26 bits per heavy atom. The van der Waals surface area contributed by atoms with Crippen LogP contribution < -0.4 is 11.2 Å². The highest BCUT2D eigenvalue weighted by atomic mass is 16.7. The lowest BCUT2D eigenvalue weighted by atomic mass is 10.1. The second-order valence-corrected chi connectivity index (χ2v) is 8.07. The van der Waals surface area contributed by atoms with Crippen molar-refractivity contribution in [3.05, 3.63) is 56.2 Å². The summed E-state index contributed by atoms with van der Waals surface area (Å²) < 4.78 is 13.9. The number of aryl methyl sites for hydroxylation is 4. The maximum Gasteiger partial charge on any atom is 0.332 e. The molecule has 1 unspecified atom stereocenters. The fraction of sp³-hybridized carbons (Fsp3) is 0.545. The fourth-order valence-electron chi connectivity index (χ4n) is 3.91. The van der Waals surface area contributed by atoms with Gasteiger partial charge in [-0.1, -0.05) is 6.07 Å². The van der Waals surface area contributed by atoms with Gasteiger partial charge in [-0.15, -0.1) is 0 Å². The van der Waals surface area contributed by atoms with Crippen molar-refractivity contribution in [3.8, 4) is 0 Å². The van der Waals surface area contributed by atoms with Crippen LogP contribution in [0.1, 0.15) is 42.6 Å². The minimum absolute atomic E-state index is 0.172. The standard InChI is InChI=1S/C22H29N5O4/c1-15-12-16(14-23-13-15)7-8-17-24-19-20(25-17)26(2)22(29)27(21(19)28)9-5-11-31-18-6-3-4-10-30-18/h12-14,18H,3-11H2,1-2H3,(H,24,25). The van der Waals surface area contributed by atoms with Gasteiger partial charge in [0.05, 0.1) is 6.61 Å². The Bertz CT molecular complexity index is 1160. The van der Waals surface area contributed by atoms with Crippen LogP contribution >= 0.6 is 0 Å². The molecule has 1 atom stereocenters. The van der Waals surface area contributed by atoms with Crippen LogP contribution in [0.3, 0.4) is 0 Å². The third-order valence-electron chi connectivity index (χ3n) is 5.58. The van der Waals surface area contributed by atoms with E-state index in [1.165, 1.54) is 9.13 Å². The van der Waals surface area contributed by atoms with Crippen LogP contribution in [0.25, 0.3) is 11.2 Å². The summed E-state index contributed by atoms with van der Waals surface area (Å²) >= 11 is 0. The summed E-state index contributed by atoms with van der Waals surface area (Å²) in [5.74, 6) is 0.680. The van der Waals surface area contributed by atoms with Crippen LogP contribution in [0.2, 0.25) is 0 Å². The van der Waals surface area contributed by atoms with Gasteiger partial charge in [-0.25, -0.2) is 9.78 Å². The molecular formula is C22H29N5O4. The molecule has 1 fully saturated rings. The van der Waals surface area contributed by atoms with E-state index in [-0.39, 0.29) is 24.1 Å². The lowest BCUT2D eigenvalue weighted by Crippen LogP contribution is -2.39. The molecule has 0 radical (unpaired) electrons. The molecule has 3 aromatic heterocycles. The Morgan fingerprint density at radius 3 is 2.90 bits per heavy atom. The topological polar surface area (TPSA) is 104 Å². The van der Waals surface area contributed by atoms with E-state index in [0.29, 0.717) is 36.4 Å². The van der Waals surface area contributed by atoms with Gasteiger partial charge in [-0.2, -0.15) is 0 Å². The van der Waals surface area contributed by atoms with Crippen molar-refractivity contribution in [2.24, 2.45) is 7.05 Å². The molecule has 0 amide bonds. The van der Waals surface area contributed by atoms with Crippen LogP contribution in [0.5, 0.6) is 0 Å². The lowest BCUT2D eigenvalue weighted by molar-refractivity contribution is -0.163. The first-order valence-electron chi connectivity index (χ1n) is 10.8. The van der Waals surface area contributed by atoms with Crippen molar-refractivity contribution in [1.29, 1.82) is 0 Å². The molecule has 166 valence electrons. The summed E-state index contributed by atoms with van der Waals surface area (Å²) in [4.78, 5) is 37.5. The molecule has 0 saturated carbocycles. The van der Waals surface area contributed by atoms with Gasteiger partial charge in [-0.3, -0.25) is 18.9 Å². The molecule has 4 heterocycles. The van der Waals surface area contributed by atoms with Gasteiger partial charge in [0.1, 0.15) is 11.3 Å². The van der Waals surface area contributed by atoms with E-state index < -0.39 is 0 Å². The zero-order valence-corrected chi connectivity index (χ0v) is 18.1. The Hall–Kier alpha value is -2.78. The summed E-state index contributed by atoms with van der Waals surface area (Å²) in [7, 11) is 1.64. The Labute approximate surface area is 180 Å². The largest absolute Gasteiger partial charge is 0.353 e. The predicted octanol–water partition coefficient (Wildman–Crippen LogP) is 1.85. The van der Waals surface area contributed by atoms with Crippen molar-refractivity contribution in [2.75, 3.05) is 13.2 Å². The highest BCUT2D eigenvalue weighted by Gasteiger charge is 2.17. The SMILES string of the molecule is Cc1cncc(CCc2nc3c([nH]2)c(=O)n(CCCOC2CCCCO2)c(=O)n3C)c1. The highest BCUT2D eigenvalue weighted by molar-refractivity contribution is 5.69. The van der Waals surface area contributed by atoms with Crippen LogP contribution in [0, 0.1) is 6.92 Å². The van der Waals surface area contributed by atoms with Crippen LogP contribution in [0.15, 0.2) is 28.0 Å². The van der Waals surface area contributed by atoms with Gasteiger partial charge in [0.25, 0.3) is 5.56 Å². The van der Waals surface area contributed by atoms with E-state index in [1.807, 2.05) is 19.3 Å². The number of aromatic amines is 1. The van der Waals surface area contributed by atoms with Crippen molar-refractivity contribution < 1.29 is 9.47 Å². The summed E-state index contributed by atoms with van der Waals surface area (Å²) in [6, 6.07) is 2.08. The molecule has 3 aromatic rings. The van der Waals surface area contributed by atoms with Crippen molar-refractivity contribution in [1.82, 2.24) is 24.1 Å². The number of nitrogens with one attached hydrogen (secondary N) is 1. The predicted molar refractivity (Wildman–Crippen MR) is 116 cm³/mol. The monoisotopic (exact) mass is 427 g/mol. The average molecular weight is 428 g/mol. The number of H-pyrrole nitrogens is 1. The van der Waals surface area contributed by atoms with Crippen molar-refractivity contribution >= 4 is 11.2 Å². The maximum absolute atomic E-state index is 12.9. The number of rotatable bonds is 8. The van der Waals surface area contributed by atoms with Gasteiger partial charge >= 0.3 is 5.69 Å². The van der Waals surface area contributed by atoms with E-state index in [0.717, 1.165) is 43.4 Å². The van der Waals surface area contributed by atoms with Crippen LogP contribution in [0.4, 0.5) is 0 Å². The Morgan fingerprint density at radius 2 is 2.13 bits per heavy atom. The highest BCUT2D eigenvalue weighted by Crippen LogP contribution is 2.14. The first kappa shape index (κ1) is 21.5. The number of aromatic nitrogens is 5. The number of ether oxygens (including phenoxy) is 2. The van der Waals surface area contributed by atoms with Crippen molar-refractivity contribution in [2.45, 2.75) is 58.3 Å². The molecule has 1 aliphatic rings. The quantitative estimate of drug-likeness (QED) is 0.550. The molecule has 4 rings (SSSR count). The average Bonchev–Trinajstić information content (AvgIpc) is 3.21. The van der Waals surface area contributed by atoms with Gasteiger partial charge in [0.2, 0.25) is 0 Å². The third-order valence-corrected chi connectivity index (χ3v) is 5.58. The Balaban J connectivity index is 1.45. The lowest BCUT2D eigenvalue weighted by Gasteiger charge is -2.22. The molecule has 1 aliphatic heterocycles. The Kier molecular flexibility index (Phi) is 6.62. The zero-order chi connectivity index (χ0) is 21.8. The smallest absolute Gasteiger partial charge is 0.332 e. The molecule has 1 N–H and O–H groups in total. The molecule has 0 spiro atoms. The van der Waals surface area contributed by atoms with Crippen LogP contribution in [-0.4, -0.2) is 43.6 Å². The van der Waals surface area contributed by atoms with E-state index in [1.54, 1.807) is 7.05 Å². The van der Waals surface area contributed by atoms with Gasteiger partial charge in [0, 0.05) is 39.0 Å². The minimum Gasteiger partial charge on any atom is -0.353 e. The van der Waals surface area contributed by atoms with Gasteiger partial charge < -0.3 is 14.5 Å². The second-order valence-electron chi connectivity index (χ2n) is 8.07. The molecule has 1 saturated heterocycles. The molecule has 0 aliphatic carbocycles. The molecule has 9 heteroatoms. The summed E-state index contributed by atoms with van der Waals surface area (Å²) in [6.07, 6.45) is 8.47. The first-order valence-corrected chi connectivity index (χ1v) is 10.8. The van der Waals surface area contributed by atoms with E-state index in [2.05, 4.69) is 21.0 Å². The fourth-order valence-corrected chi connectivity index (χ4v) is 3.91. The normalized spacial score (nSPS) is 16.8. The third kappa shape index (κ3) is 4.94. The molecular weight excluding hydrogens is 398 g/mol. The number of imidazole rings is 1. The second kappa shape index (κ2) is 9.57. The van der Waals surface area contributed by atoms with Crippen LogP contribution in [-0.2, 0) is 35.9 Å². The van der Waals surface area contributed by atoms with Gasteiger partial charge in [-0.05, 0) is 50.2 Å². The maximum atomic E-state index is 12.9.